The van der Waals surface area contributed by atoms with E-state index in [-0.39, 0.29) is 17.9 Å². The molecule has 0 bridgehead atoms. The second kappa shape index (κ2) is 23.4. The molecule has 11 heteroatoms. The number of amides is 2. The Hall–Kier alpha value is -3.93. The molecular formula is C35H53N5O5S. The maximum absolute atomic E-state index is 13.1. The van der Waals surface area contributed by atoms with Crippen molar-refractivity contribution in [2.75, 3.05) is 32.0 Å². The Morgan fingerprint density at radius 3 is 2.15 bits per heavy atom. The van der Waals surface area contributed by atoms with Crippen LogP contribution < -0.4 is 15.4 Å². The Kier molecular flexibility index (Phi) is 21.4. The van der Waals surface area contributed by atoms with Gasteiger partial charge in [0.2, 0.25) is 11.8 Å². The summed E-state index contributed by atoms with van der Waals surface area (Å²) in [6, 6.07) is 16.5. The summed E-state index contributed by atoms with van der Waals surface area (Å²) in [7, 11) is 2.02. The van der Waals surface area contributed by atoms with Crippen molar-refractivity contribution in [2.24, 2.45) is 0 Å². The number of anilines is 1. The molecule has 0 aliphatic carbocycles. The first-order valence-electron chi connectivity index (χ1n) is 15.4. The van der Waals surface area contributed by atoms with Crippen LogP contribution in [0.1, 0.15) is 70.5 Å². The number of aromatic nitrogens is 1. The first-order chi connectivity index (χ1) is 22.0. The summed E-state index contributed by atoms with van der Waals surface area (Å²) in [5, 5.41) is 6.43. The molecule has 1 aliphatic heterocycles. The number of likely N-dealkylation sites (N-methyl/N-ethyl adjacent to an activating group) is 1. The van der Waals surface area contributed by atoms with Gasteiger partial charge in [0, 0.05) is 49.7 Å². The van der Waals surface area contributed by atoms with Crippen molar-refractivity contribution in [3.8, 4) is 11.5 Å². The summed E-state index contributed by atoms with van der Waals surface area (Å²) in [6.07, 6.45) is 2.64. The number of aryl methyl sites for hydroxylation is 1. The molecule has 2 N–H and O–H groups in total. The van der Waals surface area contributed by atoms with E-state index >= 15 is 0 Å². The number of hydrogen-bond acceptors (Lipinski definition) is 9. The van der Waals surface area contributed by atoms with Crippen molar-refractivity contribution in [2.45, 2.75) is 79.9 Å². The second-order valence-electron chi connectivity index (χ2n) is 10.6. The number of nitrogens with zero attached hydrogens (tertiary/aromatic N) is 3. The Bertz CT molecular complexity index is 1280. The molecule has 1 aliphatic rings. The Balaban J connectivity index is 0.00000106. The summed E-state index contributed by atoms with van der Waals surface area (Å²) in [5.41, 5.74) is 2.26. The van der Waals surface area contributed by atoms with E-state index in [1.807, 2.05) is 83.9 Å². The van der Waals surface area contributed by atoms with Crippen molar-refractivity contribution < 1.29 is 23.9 Å². The first kappa shape index (κ1) is 42.1. The van der Waals surface area contributed by atoms with Gasteiger partial charge in [0.1, 0.15) is 31.1 Å². The van der Waals surface area contributed by atoms with Crippen LogP contribution in [0.4, 0.5) is 5.13 Å². The average molecular weight is 656 g/mol. The zero-order valence-electron chi connectivity index (χ0n) is 29.0. The van der Waals surface area contributed by atoms with Crippen LogP contribution in [0.3, 0.4) is 0 Å². The van der Waals surface area contributed by atoms with Crippen molar-refractivity contribution in [1.82, 2.24) is 20.1 Å². The highest BCUT2D eigenvalue weighted by atomic mass is 32.1. The van der Waals surface area contributed by atoms with Crippen LogP contribution in [0.5, 0.6) is 11.5 Å². The third-order valence-electron chi connectivity index (χ3n) is 6.71. The largest absolute Gasteiger partial charge is 0.457 e. The van der Waals surface area contributed by atoms with Gasteiger partial charge in [-0.3, -0.25) is 19.4 Å². The van der Waals surface area contributed by atoms with Crippen LogP contribution >= 0.6 is 11.3 Å². The molecule has 10 nitrogen and oxygen atoms in total. The maximum atomic E-state index is 13.1. The smallest absolute Gasteiger partial charge is 0.242 e. The Labute approximate surface area is 279 Å². The quantitative estimate of drug-likeness (QED) is 0.275. The normalized spacial score (nSPS) is 13.3. The lowest BCUT2D eigenvalue weighted by atomic mass is 9.92. The number of para-hydroxylation sites is 1. The van der Waals surface area contributed by atoms with Gasteiger partial charge in [-0.05, 0) is 83.5 Å². The van der Waals surface area contributed by atoms with Gasteiger partial charge >= 0.3 is 0 Å². The molecule has 1 aromatic heterocycles. The van der Waals surface area contributed by atoms with Crippen LogP contribution in [-0.4, -0.2) is 78.9 Å². The third-order valence-corrected chi connectivity index (χ3v) is 7.54. The van der Waals surface area contributed by atoms with E-state index in [0.717, 1.165) is 41.4 Å². The lowest BCUT2D eigenvalue weighted by Gasteiger charge is -2.34. The molecule has 0 radical (unpaired) electrons. The van der Waals surface area contributed by atoms with Gasteiger partial charge in [0.15, 0.2) is 5.13 Å². The van der Waals surface area contributed by atoms with E-state index < -0.39 is 0 Å². The molecule has 0 saturated heterocycles. The summed E-state index contributed by atoms with van der Waals surface area (Å²) >= 11 is 1.47. The van der Waals surface area contributed by atoms with Gasteiger partial charge in [0.25, 0.3) is 0 Å². The van der Waals surface area contributed by atoms with Gasteiger partial charge in [-0.1, -0.05) is 38.1 Å². The average Bonchev–Trinajstić information content (AvgIpc) is 3.46. The minimum Gasteiger partial charge on any atom is -0.457 e. The number of hydrogen-bond donors (Lipinski definition) is 2. The molecule has 2 aromatic carbocycles. The zero-order chi connectivity index (χ0) is 35.2. The predicted octanol–water partition coefficient (Wildman–Crippen LogP) is 6.31. The Morgan fingerprint density at radius 1 is 1.02 bits per heavy atom. The lowest BCUT2D eigenvalue weighted by Crippen LogP contribution is -2.46. The van der Waals surface area contributed by atoms with Gasteiger partial charge < -0.3 is 25.0 Å². The molecule has 1 atom stereocenters. The van der Waals surface area contributed by atoms with E-state index in [0.29, 0.717) is 23.8 Å². The zero-order valence-corrected chi connectivity index (χ0v) is 29.8. The monoisotopic (exact) mass is 655 g/mol. The highest BCUT2D eigenvalue weighted by molar-refractivity contribution is 7.15. The van der Waals surface area contributed by atoms with Crippen molar-refractivity contribution in [3.63, 3.8) is 0 Å². The number of nitrogens with one attached hydrogen (secondary N) is 2. The number of ether oxygens (including phenoxy) is 1. The molecule has 0 fully saturated rings. The highest BCUT2D eigenvalue weighted by Crippen LogP contribution is 2.33. The lowest BCUT2D eigenvalue weighted by molar-refractivity contribution is -0.126. The summed E-state index contributed by atoms with van der Waals surface area (Å²) in [6.45, 7) is 22.6. The third kappa shape index (κ3) is 14.4. The molecule has 254 valence electrons. The van der Waals surface area contributed by atoms with E-state index in [1.54, 1.807) is 6.20 Å². The van der Waals surface area contributed by atoms with Gasteiger partial charge in [-0.15, -0.1) is 11.3 Å². The van der Waals surface area contributed by atoms with Crippen LogP contribution in [0, 0.1) is 6.92 Å². The van der Waals surface area contributed by atoms with Gasteiger partial charge in [-0.25, -0.2) is 4.98 Å². The topological polar surface area (TPSA) is 121 Å². The molecule has 1 unspecified atom stereocenters. The Morgan fingerprint density at radius 2 is 1.63 bits per heavy atom. The van der Waals surface area contributed by atoms with E-state index in [2.05, 4.69) is 59.2 Å². The molecule has 3 aromatic rings. The first-order valence-corrected chi connectivity index (χ1v) is 16.2. The van der Waals surface area contributed by atoms with Crippen molar-refractivity contribution in [1.29, 1.82) is 0 Å². The molecule has 0 spiro atoms. The number of carbonyl (C=O) groups excluding carboxylic acids is 4. The summed E-state index contributed by atoms with van der Waals surface area (Å²) in [5.74, 6) is 1.63. The molecule has 2 amide bonds. The number of fused-ring (bicyclic) bond motifs is 1. The fourth-order valence-corrected chi connectivity index (χ4v) is 5.55. The van der Waals surface area contributed by atoms with E-state index in [9.17, 15) is 9.59 Å². The van der Waals surface area contributed by atoms with E-state index in [1.165, 1.54) is 23.8 Å². The van der Waals surface area contributed by atoms with Crippen LogP contribution in [0.2, 0.25) is 0 Å². The number of thiazole rings is 1. The standard InChI is InChI=1S/C25H35N3O2.C6H8N2OS.C2H6.2CH2O/c1-18(2)28(19(3)4)16-14-26-25(29)24-23-12-11-22(17-20(23)13-15-27(24)5)30-21-9-7-6-8-10-21;1-4-3-7-6(10-4)8-5(2)9;3*1-2/h6-12,17-19,24H,13-16H2,1-5H3,(H,26,29);3H,1-2H3,(H,7,8,9);1-2H3;2*1H2. The number of rotatable bonds is 9. The molecule has 46 heavy (non-hydrogen) atoms. The van der Waals surface area contributed by atoms with Gasteiger partial charge in [0.05, 0.1) is 0 Å². The minimum atomic E-state index is -0.258. The predicted molar refractivity (Wildman–Crippen MR) is 189 cm³/mol. The van der Waals surface area contributed by atoms with Crippen LogP contribution in [0.15, 0.2) is 54.7 Å². The highest BCUT2D eigenvalue weighted by Gasteiger charge is 2.31. The van der Waals surface area contributed by atoms with Gasteiger partial charge in [-0.2, -0.15) is 0 Å². The number of benzene rings is 2. The maximum Gasteiger partial charge on any atom is 0.242 e. The fourth-order valence-electron chi connectivity index (χ4n) is 4.84. The molecule has 4 rings (SSSR count). The fraction of sp³-hybridized carbons (Fsp3) is 0.457. The number of carbonyl (C=O) groups is 4. The second-order valence-corrected chi connectivity index (χ2v) is 11.8. The van der Waals surface area contributed by atoms with E-state index in [4.69, 9.17) is 14.3 Å². The van der Waals surface area contributed by atoms with Crippen molar-refractivity contribution in [3.05, 3.63) is 70.7 Å². The van der Waals surface area contributed by atoms with Crippen molar-refractivity contribution >= 4 is 41.9 Å². The summed E-state index contributed by atoms with van der Waals surface area (Å²) < 4.78 is 5.98. The summed E-state index contributed by atoms with van der Waals surface area (Å²) in [4.78, 5) is 49.1. The molecule has 2 heterocycles. The minimum absolute atomic E-state index is 0.0719. The van der Waals surface area contributed by atoms with Crippen LogP contribution in [0.25, 0.3) is 0 Å². The SMILES string of the molecule is C=O.C=O.CC.CC(=O)Nc1ncc(C)s1.CC(C)N(CCNC(=O)C1c2ccc(Oc3ccccc3)cc2CCN1C)C(C)C. The molecule has 0 saturated carbocycles. The van der Waals surface area contributed by atoms with Crippen LogP contribution in [-0.2, 0) is 25.6 Å². The molecular weight excluding hydrogens is 602 g/mol.